The Labute approximate surface area is 230 Å². The number of rotatable bonds is 9. The molecule has 200 valence electrons. The van der Waals surface area contributed by atoms with Crippen molar-refractivity contribution in [1.82, 2.24) is 5.32 Å². The second-order valence-corrected chi connectivity index (χ2v) is 11.0. The Morgan fingerprint density at radius 1 is 0.923 bits per heavy atom. The van der Waals surface area contributed by atoms with Crippen molar-refractivity contribution in [2.24, 2.45) is 17.4 Å². The van der Waals surface area contributed by atoms with E-state index in [0.29, 0.717) is 11.5 Å². The Bertz CT molecular complexity index is 1540. The quantitative estimate of drug-likeness (QED) is 0.192. The number of anilines is 1. The van der Waals surface area contributed by atoms with Crippen molar-refractivity contribution in [3.8, 4) is 10.4 Å². The van der Waals surface area contributed by atoms with Crippen molar-refractivity contribution < 1.29 is 19.5 Å². The SMILES string of the molecule is NC(=O)Nc1sc(-c2ccc(CN[C@](C(=O)O)(c3ccc4ccccc4c3)C3CCCC3)cc2)cc1C(N)=O. The molecular formula is C30H30N4O4S. The molecule has 8 nitrogen and oxygen atoms in total. The summed E-state index contributed by atoms with van der Waals surface area (Å²) >= 11 is 1.21. The Hall–Kier alpha value is -4.21. The van der Waals surface area contributed by atoms with Gasteiger partial charge < -0.3 is 16.6 Å². The molecule has 3 amide bonds. The zero-order valence-corrected chi connectivity index (χ0v) is 22.1. The minimum Gasteiger partial charge on any atom is -0.480 e. The third-order valence-electron chi connectivity index (χ3n) is 7.55. The van der Waals surface area contributed by atoms with Crippen molar-refractivity contribution in [3.63, 3.8) is 0 Å². The third-order valence-corrected chi connectivity index (χ3v) is 8.65. The van der Waals surface area contributed by atoms with Crippen LogP contribution in [0.1, 0.15) is 47.2 Å². The highest BCUT2D eigenvalue weighted by Crippen LogP contribution is 2.42. The molecule has 1 fully saturated rings. The van der Waals surface area contributed by atoms with E-state index in [9.17, 15) is 19.5 Å². The summed E-state index contributed by atoms with van der Waals surface area (Å²) in [5.41, 5.74) is 12.2. The van der Waals surface area contributed by atoms with Gasteiger partial charge >= 0.3 is 12.0 Å². The summed E-state index contributed by atoms with van der Waals surface area (Å²) in [6, 6.07) is 22.4. The first-order valence-electron chi connectivity index (χ1n) is 12.8. The highest BCUT2D eigenvalue weighted by Gasteiger charge is 2.48. The van der Waals surface area contributed by atoms with Crippen LogP contribution >= 0.6 is 11.3 Å². The molecule has 39 heavy (non-hydrogen) atoms. The Morgan fingerprint density at radius 3 is 2.26 bits per heavy atom. The van der Waals surface area contributed by atoms with Crippen molar-refractivity contribution in [1.29, 1.82) is 0 Å². The first kappa shape index (κ1) is 26.4. The number of nitrogens with two attached hydrogens (primary N) is 2. The van der Waals surface area contributed by atoms with Crippen LogP contribution in [0.3, 0.4) is 0 Å². The van der Waals surface area contributed by atoms with Crippen LogP contribution in [-0.2, 0) is 16.9 Å². The summed E-state index contributed by atoms with van der Waals surface area (Å²) in [6.07, 6.45) is 3.75. The third kappa shape index (κ3) is 5.23. The van der Waals surface area contributed by atoms with Crippen molar-refractivity contribution in [3.05, 3.63) is 89.5 Å². The number of benzene rings is 3. The summed E-state index contributed by atoms with van der Waals surface area (Å²) in [5.74, 6) is -1.55. The lowest BCUT2D eigenvalue weighted by Crippen LogP contribution is -2.53. The summed E-state index contributed by atoms with van der Waals surface area (Å²) in [4.78, 5) is 36.9. The van der Waals surface area contributed by atoms with E-state index in [4.69, 9.17) is 11.5 Å². The fourth-order valence-electron chi connectivity index (χ4n) is 5.60. The van der Waals surface area contributed by atoms with Crippen LogP contribution in [0.4, 0.5) is 9.80 Å². The van der Waals surface area contributed by atoms with Gasteiger partial charge in [-0.1, -0.05) is 73.5 Å². The highest BCUT2D eigenvalue weighted by atomic mass is 32.1. The van der Waals surface area contributed by atoms with Gasteiger partial charge in [-0.25, -0.2) is 9.59 Å². The molecule has 1 aromatic heterocycles. The monoisotopic (exact) mass is 542 g/mol. The van der Waals surface area contributed by atoms with Gasteiger partial charge in [0.25, 0.3) is 5.91 Å². The maximum atomic E-state index is 13.0. The standard InChI is InChI=1S/C30H30N4O4S/c31-26(35)24-16-25(39-27(24)34-29(32)38)20-11-9-18(10-12-20)17-33-30(28(36)37,22-7-3-4-8-22)23-14-13-19-5-1-2-6-21(19)15-23/h1-2,5-6,9-16,22,33H,3-4,7-8,17H2,(H2,31,35)(H,36,37)(H3,32,34,38)/t30-/m0/s1. The maximum Gasteiger partial charge on any atom is 0.328 e. The number of primary amides is 2. The van der Waals surface area contributed by atoms with E-state index in [1.165, 1.54) is 11.3 Å². The predicted octanol–water partition coefficient (Wildman–Crippen LogP) is 5.42. The molecule has 4 aromatic rings. The van der Waals surface area contributed by atoms with E-state index in [0.717, 1.165) is 58.0 Å². The number of hydrogen-bond acceptors (Lipinski definition) is 5. The van der Waals surface area contributed by atoms with E-state index in [2.05, 4.69) is 10.6 Å². The van der Waals surface area contributed by atoms with Gasteiger partial charge in [0.1, 0.15) is 10.5 Å². The number of nitrogens with one attached hydrogen (secondary N) is 2. The highest BCUT2D eigenvalue weighted by molar-refractivity contribution is 7.20. The van der Waals surface area contributed by atoms with Crippen molar-refractivity contribution >= 4 is 45.0 Å². The second kappa shape index (κ2) is 10.9. The number of hydrogen-bond donors (Lipinski definition) is 5. The lowest BCUT2D eigenvalue weighted by Gasteiger charge is -2.37. The fourth-order valence-corrected chi connectivity index (χ4v) is 6.67. The first-order chi connectivity index (χ1) is 18.8. The van der Waals surface area contributed by atoms with E-state index < -0.39 is 23.4 Å². The van der Waals surface area contributed by atoms with Crippen molar-refractivity contribution in [2.45, 2.75) is 37.8 Å². The van der Waals surface area contributed by atoms with Crippen LogP contribution in [0.25, 0.3) is 21.2 Å². The van der Waals surface area contributed by atoms with Gasteiger partial charge in [0, 0.05) is 11.4 Å². The molecule has 3 aromatic carbocycles. The number of aliphatic carboxylic acids is 1. The Kier molecular flexibility index (Phi) is 7.36. The average Bonchev–Trinajstić information content (AvgIpc) is 3.60. The number of thiophene rings is 1. The minimum absolute atomic E-state index is 0.0232. The van der Waals surface area contributed by atoms with Crippen molar-refractivity contribution in [2.75, 3.05) is 5.32 Å². The van der Waals surface area contributed by atoms with Crippen LogP contribution in [0.5, 0.6) is 0 Å². The molecule has 0 bridgehead atoms. The van der Waals surface area contributed by atoms with Gasteiger partial charge in [0.15, 0.2) is 0 Å². The number of urea groups is 1. The minimum atomic E-state index is -1.21. The number of carbonyl (C=O) groups excluding carboxylic acids is 2. The summed E-state index contributed by atoms with van der Waals surface area (Å²) in [6.45, 7) is 0.362. The number of carboxylic acid groups (broad SMARTS) is 1. The Morgan fingerprint density at radius 2 is 1.62 bits per heavy atom. The molecule has 9 heteroatoms. The van der Waals surface area contributed by atoms with Crippen LogP contribution < -0.4 is 22.1 Å². The number of fused-ring (bicyclic) bond motifs is 1. The normalized spacial score (nSPS) is 15.2. The van der Waals surface area contributed by atoms with E-state index in [1.807, 2.05) is 66.7 Å². The van der Waals surface area contributed by atoms with Crippen LogP contribution in [0.2, 0.25) is 0 Å². The van der Waals surface area contributed by atoms with E-state index in [-0.39, 0.29) is 11.5 Å². The second-order valence-electron chi connectivity index (χ2n) is 9.91. The lowest BCUT2D eigenvalue weighted by molar-refractivity contribution is -0.148. The van der Waals surface area contributed by atoms with E-state index >= 15 is 0 Å². The van der Waals surface area contributed by atoms with Gasteiger partial charge in [0.05, 0.1) is 5.56 Å². The maximum absolute atomic E-state index is 13.0. The van der Waals surface area contributed by atoms with Gasteiger partial charge in [-0.3, -0.25) is 15.4 Å². The molecule has 0 spiro atoms. The molecule has 1 saturated carbocycles. The van der Waals surface area contributed by atoms with Crippen LogP contribution in [0.15, 0.2) is 72.8 Å². The van der Waals surface area contributed by atoms with Gasteiger partial charge in [-0.2, -0.15) is 0 Å². The summed E-state index contributed by atoms with van der Waals surface area (Å²) < 4.78 is 0. The molecule has 0 aliphatic heterocycles. The zero-order chi connectivity index (χ0) is 27.6. The molecule has 5 rings (SSSR count). The van der Waals surface area contributed by atoms with Gasteiger partial charge in [0.2, 0.25) is 0 Å². The zero-order valence-electron chi connectivity index (χ0n) is 21.3. The Balaban J connectivity index is 1.43. The largest absolute Gasteiger partial charge is 0.480 e. The number of amides is 3. The summed E-state index contributed by atoms with van der Waals surface area (Å²) in [7, 11) is 0. The molecule has 1 heterocycles. The molecule has 0 radical (unpaired) electrons. The molecule has 1 aliphatic carbocycles. The topological polar surface area (TPSA) is 148 Å². The first-order valence-corrected chi connectivity index (χ1v) is 13.7. The molecule has 0 unspecified atom stereocenters. The van der Waals surface area contributed by atoms with Crippen LogP contribution in [0, 0.1) is 5.92 Å². The molecule has 0 saturated heterocycles. The van der Waals surface area contributed by atoms with Gasteiger partial charge in [-0.05, 0) is 58.4 Å². The fraction of sp³-hybridized carbons (Fsp3) is 0.233. The smallest absolute Gasteiger partial charge is 0.328 e. The summed E-state index contributed by atoms with van der Waals surface area (Å²) in [5, 5.41) is 19.0. The molecular weight excluding hydrogens is 512 g/mol. The average molecular weight is 543 g/mol. The van der Waals surface area contributed by atoms with Gasteiger partial charge in [-0.15, -0.1) is 11.3 Å². The van der Waals surface area contributed by atoms with E-state index in [1.54, 1.807) is 6.07 Å². The molecule has 1 atom stereocenters. The number of carbonyl (C=O) groups is 3. The lowest BCUT2D eigenvalue weighted by atomic mass is 9.76. The molecule has 1 aliphatic rings. The number of carboxylic acids is 1. The predicted molar refractivity (Wildman–Crippen MR) is 154 cm³/mol. The molecule has 7 N–H and O–H groups in total. The van der Waals surface area contributed by atoms with Crippen LogP contribution in [-0.4, -0.2) is 23.0 Å².